The molecule has 0 fully saturated rings. The van der Waals surface area contributed by atoms with Crippen LogP contribution in [0.25, 0.3) is 11.2 Å². The molecule has 0 spiro atoms. The number of esters is 2. The van der Waals surface area contributed by atoms with E-state index in [-0.39, 0.29) is 37.0 Å². The van der Waals surface area contributed by atoms with Gasteiger partial charge in [0.2, 0.25) is 5.95 Å². The van der Waals surface area contributed by atoms with Crippen molar-refractivity contribution < 1.29 is 19.1 Å². The number of benzene rings is 1. The number of hydrogen-bond donors (Lipinski definition) is 1. The standard InChI is InChI=1S/C20H22ClN5O4S/c1-12(27)29-9-14(10-30-13(2)28)7-8-26-11-23-17-18(26)24-20(22)25-19(17)31-16-5-3-15(21)4-6-16/h3-6,11,14H,7-10H2,1-2H3,(H2,22,24,25). The molecule has 9 nitrogen and oxygen atoms in total. The number of nitrogen functional groups attached to an aromatic ring is 1. The van der Waals surface area contributed by atoms with Crippen LogP contribution in [-0.2, 0) is 25.6 Å². The first-order valence-electron chi connectivity index (χ1n) is 9.50. The van der Waals surface area contributed by atoms with Crippen molar-refractivity contribution in [3.8, 4) is 0 Å². The third-order valence-corrected chi connectivity index (χ3v) is 5.54. The van der Waals surface area contributed by atoms with Gasteiger partial charge in [0.05, 0.1) is 19.5 Å². The number of imidazole rings is 1. The van der Waals surface area contributed by atoms with Gasteiger partial charge < -0.3 is 19.8 Å². The Balaban J connectivity index is 1.77. The second-order valence-electron chi connectivity index (χ2n) is 6.81. The van der Waals surface area contributed by atoms with E-state index in [0.717, 1.165) is 4.90 Å². The summed E-state index contributed by atoms with van der Waals surface area (Å²) in [6.07, 6.45) is 2.25. The number of aryl methyl sites for hydroxylation is 1. The Bertz CT molecular complexity index is 1060. The van der Waals surface area contributed by atoms with Crippen LogP contribution < -0.4 is 5.73 Å². The minimum atomic E-state index is -0.384. The summed E-state index contributed by atoms with van der Waals surface area (Å²) in [5, 5.41) is 1.29. The van der Waals surface area contributed by atoms with Gasteiger partial charge in [0.1, 0.15) is 10.5 Å². The molecule has 0 aliphatic heterocycles. The maximum atomic E-state index is 11.2. The van der Waals surface area contributed by atoms with Gasteiger partial charge in [-0.1, -0.05) is 23.4 Å². The largest absolute Gasteiger partial charge is 0.465 e. The summed E-state index contributed by atoms with van der Waals surface area (Å²) in [4.78, 5) is 36.4. The zero-order chi connectivity index (χ0) is 22.4. The number of hydrogen-bond acceptors (Lipinski definition) is 9. The van der Waals surface area contributed by atoms with Crippen LogP contribution in [-0.4, -0.2) is 44.7 Å². The second-order valence-corrected chi connectivity index (χ2v) is 8.31. The Morgan fingerprint density at radius 1 is 1.13 bits per heavy atom. The third-order valence-electron chi connectivity index (χ3n) is 4.30. The van der Waals surface area contributed by atoms with Crippen LogP contribution in [0.1, 0.15) is 20.3 Å². The number of ether oxygens (including phenoxy) is 2. The number of nitrogens with zero attached hydrogens (tertiary/aromatic N) is 4. The molecule has 2 aromatic heterocycles. The predicted molar refractivity (Wildman–Crippen MR) is 117 cm³/mol. The lowest BCUT2D eigenvalue weighted by molar-refractivity contribution is -0.146. The van der Waals surface area contributed by atoms with Crippen molar-refractivity contribution in [1.29, 1.82) is 0 Å². The van der Waals surface area contributed by atoms with E-state index in [1.165, 1.54) is 25.6 Å². The molecule has 11 heteroatoms. The number of aromatic nitrogens is 4. The van der Waals surface area contributed by atoms with E-state index in [1.807, 2.05) is 16.7 Å². The van der Waals surface area contributed by atoms with E-state index in [4.69, 9.17) is 26.8 Å². The normalized spacial score (nSPS) is 11.1. The van der Waals surface area contributed by atoms with Crippen LogP contribution in [0, 0.1) is 5.92 Å². The molecule has 0 atom stereocenters. The zero-order valence-corrected chi connectivity index (χ0v) is 18.7. The monoisotopic (exact) mass is 463 g/mol. The van der Waals surface area contributed by atoms with Gasteiger partial charge in [0.25, 0.3) is 0 Å². The van der Waals surface area contributed by atoms with Gasteiger partial charge >= 0.3 is 11.9 Å². The highest BCUT2D eigenvalue weighted by Gasteiger charge is 2.17. The van der Waals surface area contributed by atoms with Crippen molar-refractivity contribution in [3.63, 3.8) is 0 Å². The van der Waals surface area contributed by atoms with Crippen molar-refractivity contribution in [1.82, 2.24) is 19.5 Å². The molecule has 2 heterocycles. The van der Waals surface area contributed by atoms with Crippen LogP contribution in [0.15, 0.2) is 40.5 Å². The van der Waals surface area contributed by atoms with Gasteiger partial charge in [0.15, 0.2) is 5.65 Å². The van der Waals surface area contributed by atoms with Crippen molar-refractivity contribution in [3.05, 3.63) is 35.6 Å². The van der Waals surface area contributed by atoms with E-state index in [9.17, 15) is 9.59 Å². The van der Waals surface area contributed by atoms with Gasteiger partial charge in [-0.3, -0.25) is 9.59 Å². The van der Waals surface area contributed by atoms with Crippen molar-refractivity contribution >= 4 is 52.4 Å². The molecular formula is C20H22ClN5O4S. The number of nitrogens with two attached hydrogens (primary N) is 1. The minimum absolute atomic E-state index is 0.141. The molecule has 0 unspecified atom stereocenters. The molecule has 31 heavy (non-hydrogen) atoms. The molecule has 1 aromatic carbocycles. The molecule has 164 valence electrons. The van der Waals surface area contributed by atoms with E-state index in [0.29, 0.717) is 34.2 Å². The highest BCUT2D eigenvalue weighted by molar-refractivity contribution is 7.99. The number of carbonyl (C=O) groups excluding carboxylic acids is 2. The average molecular weight is 464 g/mol. The highest BCUT2D eigenvalue weighted by Crippen LogP contribution is 2.32. The van der Waals surface area contributed by atoms with Crippen LogP contribution in [0.3, 0.4) is 0 Å². The van der Waals surface area contributed by atoms with Crippen molar-refractivity contribution in [2.45, 2.75) is 36.7 Å². The van der Waals surface area contributed by atoms with E-state index in [2.05, 4.69) is 15.0 Å². The number of anilines is 1. The summed E-state index contributed by atoms with van der Waals surface area (Å²) in [5.74, 6) is -0.787. The van der Waals surface area contributed by atoms with E-state index in [1.54, 1.807) is 18.5 Å². The van der Waals surface area contributed by atoms with Crippen LogP contribution in [0.5, 0.6) is 0 Å². The van der Waals surface area contributed by atoms with Gasteiger partial charge in [-0.05, 0) is 30.7 Å². The Hall–Kier alpha value is -2.85. The van der Waals surface area contributed by atoms with E-state index >= 15 is 0 Å². The van der Waals surface area contributed by atoms with Crippen LogP contribution >= 0.6 is 23.4 Å². The first-order valence-corrected chi connectivity index (χ1v) is 10.7. The summed E-state index contributed by atoms with van der Waals surface area (Å²) >= 11 is 7.37. The maximum Gasteiger partial charge on any atom is 0.302 e. The molecular weight excluding hydrogens is 442 g/mol. The van der Waals surface area contributed by atoms with Gasteiger partial charge in [-0.2, -0.15) is 4.98 Å². The summed E-state index contributed by atoms with van der Waals surface area (Å²) in [7, 11) is 0. The highest BCUT2D eigenvalue weighted by atomic mass is 35.5. The molecule has 0 saturated heterocycles. The Labute approximate surface area is 188 Å². The Morgan fingerprint density at radius 3 is 2.39 bits per heavy atom. The molecule has 3 aromatic rings. The maximum absolute atomic E-state index is 11.2. The second kappa shape index (κ2) is 10.5. The molecule has 3 rings (SSSR count). The molecule has 2 N–H and O–H groups in total. The molecule has 0 aliphatic rings. The predicted octanol–water partition coefficient (Wildman–Crippen LogP) is 3.35. The first-order chi connectivity index (χ1) is 14.8. The van der Waals surface area contributed by atoms with Gasteiger partial charge in [0, 0.05) is 36.2 Å². The van der Waals surface area contributed by atoms with Crippen molar-refractivity contribution in [2.75, 3.05) is 18.9 Å². The van der Waals surface area contributed by atoms with Crippen molar-refractivity contribution in [2.24, 2.45) is 5.92 Å². The lowest BCUT2D eigenvalue weighted by atomic mass is 10.1. The summed E-state index contributed by atoms with van der Waals surface area (Å²) in [6, 6.07) is 7.39. The quantitative estimate of drug-likeness (QED) is 0.376. The Morgan fingerprint density at radius 2 is 1.77 bits per heavy atom. The minimum Gasteiger partial charge on any atom is -0.465 e. The number of fused-ring (bicyclic) bond motifs is 1. The van der Waals surface area contributed by atoms with Crippen LogP contribution in [0.2, 0.25) is 5.02 Å². The molecule has 0 aliphatic carbocycles. The summed E-state index contributed by atoms with van der Waals surface area (Å²) in [6.45, 7) is 3.51. The zero-order valence-electron chi connectivity index (χ0n) is 17.1. The third kappa shape index (κ3) is 6.56. The van der Waals surface area contributed by atoms with Gasteiger partial charge in [-0.25, -0.2) is 9.97 Å². The Kier molecular flexibility index (Phi) is 7.69. The number of carbonyl (C=O) groups is 2. The fraction of sp³-hybridized carbons (Fsp3) is 0.350. The number of halogens is 1. The molecule has 0 radical (unpaired) electrons. The lowest BCUT2D eigenvalue weighted by Gasteiger charge is -2.16. The molecule has 0 saturated carbocycles. The SMILES string of the molecule is CC(=O)OCC(CCn1cnc2c(Sc3ccc(Cl)cc3)nc(N)nc21)COC(C)=O. The fourth-order valence-corrected chi connectivity index (χ4v) is 3.79. The summed E-state index contributed by atoms with van der Waals surface area (Å²) < 4.78 is 12.0. The summed E-state index contributed by atoms with van der Waals surface area (Å²) in [5.41, 5.74) is 7.17. The fourth-order valence-electron chi connectivity index (χ4n) is 2.79. The molecule has 0 bridgehead atoms. The molecule has 0 amide bonds. The lowest BCUT2D eigenvalue weighted by Crippen LogP contribution is -2.21. The van der Waals surface area contributed by atoms with E-state index < -0.39 is 0 Å². The number of rotatable bonds is 9. The smallest absolute Gasteiger partial charge is 0.302 e. The van der Waals surface area contributed by atoms with Gasteiger partial charge in [-0.15, -0.1) is 0 Å². The topological polar surface area (TPSA) is 122 Å². The first kappa shape index (κ1) is 22.8. The average Bonchev–Trinajstić information content (AvgIpc) is 3.11. The van der Waals surface area contributed by atoms with Crippen LogP contribution in [0.4, 0.5) is 5.95 Å².